The Bertz CT molecular complexity index is 954. The van der Waals surface area contributed by atoms with E-state index in [1.54, 1.807) is 25.4 Å². The summed E-state index contributed by atoms with van der Waals surface area (Å²) < 4.78 is 8.04. The summed E-state index contributed by atoms with van der Waals surface area (Å²) in [5.74, 6) is 1.48. The maximum Gasteiger partial charge on any atom is 0.263 e. The number of likely N-dealkylation sites (tertiary alicyclic amines) is 1. The normalized spacial score (nSPS) is 17.1. The van der Waals surface area contributed by atoms with Crippen LogP contribution in [0.4, 0.5) is 0 Å². The molecule has 1 atom stereocenters. The Morgan fingerprint density at radius 1 is 1.41 bits per heavy atom. The van der Waals surface area contributed by atoms with E-state index in [0.29, 0.717) is 21.7 Å². The van der Waals surface area contributed by atoms with Gasteiger partial charge in [0.25, 0.3) is 5.91 Å². The van der Waals surface area contributed by atoms with Gasteiger partial charge in [-0.15, -0.1) is 11.3 Å². The van der Waals surface area contributed by atoms with Crippen molar-refractivity contribution in [3.8, 4) is 0 Å². The van der Waals surface area contributed by atoms with E-state index in [-0.39, 0.29) is 5.91 Å². The minimum absolute atomic E-state index is 0.0731. The quantitative estimate of drug-likeness (QED) is 0.630. The molecular weight excluding hydrogens is 384 g/mol. The molecule has 142 valence electrons. The molecule has 0 bridgehead atoms. The fourth-order valence-corrected chi connectivity index (χ4v) is 4.62. The Balaban J connectivity index is 1.49. The highest BCUT2D eigenvalue weighted by Crippen LogP contribution is 2.27. The van der Waals surface area contributed by atoms with Gasteiger partial charge in [-0.2, -0.15) is 0 Å². The summed E-state index contributed by atoms with van der Waals surface area (Å²) in [7, 11) is 1.70. The van der Waals surface area contributed by atoms with Gasteiger partial charge in [-0.3, -0.25) is 4.79 Å². The predicted octanol–water partition coefficient (Wildman–Crippen LogP) is 3.50. The van der Waals surface area contributed by atoms with E-state index in [9.17, 15) is 4.79 Å². The van der Waals surface area contributed by atoms with Crippen LogP contribution in [0, 0.1) is 5.92 Å². The molecule has 4 rings (SSSR count). The molecule has 3 aromatic heterocycles. The molecule has 1 aliphatic rings. The Morgan fingerprint density at radius 2 is 2.30 bits per heavy atom. The lowest BCUT2D eigenvalue weighted by Gasteiger charge is -2.16. The van der Waals surface area contributed by atoms with E-state index in [1.165, 1.54) is 11.3 Å². The zero-order valence-corrected chi connectivity index (χ0v) is 16.7. The molecule has 1 fully saturated rings. The second kappa shape index (κ2) is 7.96. The Kier molecular flexibility index (Phi) is 5.43. The number of rotatable bonds is 6. The number of imidazole rings is 1. The van der Waals surface area contributed by atoms with E-state index < -0.39 is 0 Å². The highest BCUT2D eigenvalue weighted by atomic mass is 35.5. The summed E-state index contributed by atoms with van der Waals surface area (Å²) in [6.07, 6.45) is 3.60. The molecule has 0 aromatic carbocycles. The van der Waals surface area contributed by atoms with Gasteiger partial charge < -0.3 is 14.2 Å². The van der Waals surface area contributed by atoms with E-state index in [1.807, 2.05) is 17.0 Å². The van der Waals surface area contributed by atoms with Crippen molar-refractivity contribution in [3.05, 3.63) is 45.5 Å². The minimum atomic E-state index is 0.0731. The minimum Gasteiger partial charge on any atom is -0.383 e. The standard InChI is InChI=1S/C19H21ClN4O2S/c1-26-10-9-24-17(22-14-3-2-7-21-18(14)24)11-13-6-8-23(12-13)19(25)15-4-5-16(20)27-15/h2-5,7,13H,6,8-12H2,1H3/t13-/m1/s1. The zero-order chi connectivity index (χ0) is 18.8. The Morgan fingerprint density at radius 3 is 3.07 bits per heavy atom. The molecule has 0 N–H and O–H groups in total. The molecule has 0 saturated carbocycles. The molecule has 0 spiro atoms. The van der Waals surface area contributed by atoms with Gasteiger partial charge in [0.2, 0.25) is 0 Å². The van der Waals surface area contributed by atoms with Crippen LogP contribution < -0.4 is 0 Å². The van der Waals surface area contributed by atoms with Crippen LogP contribution in [0.15, 0.2) is 30.5 Å². The lowest BCUT2D eigenvalue weighted by Crippen LogP contribution is -2.28. The highest BCUT2D eigenvalue weighted by molar-refractivity contribution is 7.17. The maximum absolute atomic E-state index is 12.6. The van der Waals surface area contributed by atoms with Gasteiger partial charge in [-0.25, -0.2) is 9.97 Å². The second-order valence-electron chi connectivity index (χ2n) is 6.73. The topological polar surface area (TPSA) is 60.2 Å². The number of nitrogens with zero attached hydrogens (tertiary/aromatic N) is 4. The third-order valence-corrected chi connectivity index (χ3v) is 6.15. The van der Waals surface area contributed by atoms with Crippen molar-refractivity contribution in [3.63, 3.8) is 0 Å². The fraction of sp³-hybridized carbons (Fsp3) is 0.421. The van der Waals surface area contributed by atoms with Crippen molar-refractivity contribution in [1.29, 1.82) is 0 Å². The Labute approximate surface area is 166 Å². The first kappa shape index (κ1) is 18.4. The molecule has 27 heavy (non-hydrogen) atoms. The highest BCUT2D eigenvalue weighted by Gasteiger charge is 2.29. The van der Waals surface area contributed by atoms with Crippen LogP contribution in [0.5, 0.6) is 0 Å². The summed E-state index contributed by atoms with van der Waals surface area (Å²) in [4.78, 5) is 24.5. The molecule has 1 aliphatic heterocycles. The average Bonchev–Trinajstić information content (AvgIpc) is 3.38. The van der Waals surface area contributed by atoms with Crippen LogP contribution in [0.2, 0.25) is 4.34 Å². The largest absolute Gasteiger partial charge is 0.383 e. The molecule has 4 heterocycles. The SMILES string of the molecule is COCCn1c(C[C@H]2CCN(C(=O)c3ccc(Cl)s3)C2)nc2cccnc21. The van der Waals surface area contributed by atoms with Crippen LogP contribution >= 0.6 is 22.9 Å². The fourth-order valence-electron chi connectivity index (χ4n) is 3.61. The van der Waals surface area contributed by atoms with Crippen molar-refractivity contribution >= 4 is 40.0 Å². The molecule has 0 radical (unpaired) electrons. The second-order valence-corrected chi connectivity index (χ2v) is 8.45. The molecular formula is C19H21ClN4O2S. The lowest BCUT2D eigenvalue weighted by atomic mass is 10.0. The molecule has 1 saturated heterocycles. The predicted molar refractivity (Wildman–Crippen MR) is 106 cm³/mol. The van der Waals surface area contributed by atoms with Gasteiger partial charge in [-0.05, 0) is 36.6 Å². The van der Waals surface area contributed by atoms with Crippen molar-refractivity contribution in [1.82, 2.24) is 19.4 Å². The number of carbonyl (C=O) groups is 1. The average molecular weight is 405 g/mol. The first-order chi connectivity index (χ1) is 13.2. The number of thiophene rings is 1. The third-order valence-electron chi connectivity index (χ3n) is 4.93. The van der Waals surface area contributed by atoms with E-state index >= 15 is 0 Å². The van der Waals surface area contributed by atoms with Crippen LogP contribution in [0.3, 0.4) is 0 Å². The van der Waals surface area contributed by atoms with Crippen LogP contribution in [0.25, 0.3) is 11.2 Å². The van der Waals surface area contributed by atoms with Gasteiger partial charge in [-0.1, -0.05) is 11.6 Å². The van der Waals surface area contributed by atoms with Crippen LogP contribution in [0.1, 0.15) is 21.9 Å². The first-order valence-electron chi connectivity index (χ1n) is 8.99. The molecule has 3 aromatic rings. The monoisotopic (exact) mass is 404 g/mol. The number of hydrogen-bond acceptors (Lipinski definition) is 5. The summed E-state index contributed by atoms with van der Waals surface area (Å²) in [5, 5.41) is 0. The number of amides is 1. The zero-order valence-electron chi connectivity index (χ0n) is 15.1. The molecule has 0 unspecified atom stereocenters. The maximum atomic E-state index is 12.6. The van der Waals surface area contributed by atoms with Gasteiger partial charge in [0.15, 0.2) is 5.65 Å². The van der Waals surface area contributed by atoms with Gasteiger partial charge in [0.1, 0.15) is 11.3 Å². The van der Waals surface area contributed by atoms with Crippen molar-refractivity contribution in [2.75, 3.05) is 26.8 Å². The number of halogens is 1. The van der Waals surface area contributed by atoms with Gasteiger partial charge >= 0.3 is 0 Å². The van der Waals surface area contributed by atoms with Crippen molar-refractivity contribution in [2.24, 2.45) is 5.92 Å². The third kappa shape index (κ3) is 3.85. The summed E-state index contributed by atoms with van der Waals surface area (Å²) >= 11 is 7.30. The van der Waals surface area contributed by atoms with E-state index in [2.05, 4.69) is 9.55 Å². The van der Waals surface area contributed by atoms with Crippen molar-refractivity contribution in [2.45, 2.75) is 19.4 Å². The molecule has 1 amide bonds. The number of fused-ring (bicyclic) bond motifs is 1. The van der Waals surface area contributed by atoms with Gasteiger partial charge in [0.05, 0.1) is 15.8 Å². The summed E-state index contributed by atoms with van der Waals surface area (Å²) in [6.45, 7) is 2.86. The van der Waals surface area contributed by atoms with Gasteiger partial charge in [0, 0.05) is 39.4 Å². The number of carbonyl (C=O) groups excluding carboxylic acids is 1. The molecule has 0 aliphatic carbocycles. The smallest absolute Gasteiger partial charge is 0.263 e. The first-order valence-corrected chi connectivity index (χ1v) is 10.2. The number of pyridine rings is 1. The van der Waals surface area contributed by atoms with Crippen LogP contribution in [-0.4, -0.2) is 52.1 Å². The number of aromatic nitrogens is 3. The summed E-state index contributed by atoms with van der Waals surface area (Å²) in [6, 6.07) is 7.47. The number of methoxy groups -OCH3 is 1. The van der Waals surface area contributed by atoms with E-state index in [4.69, 9.17) is 21.3 Å². The Hall–Kier alpha value is -1.96. The number of ether oxygens (including phenoxy) is 1. The van der Waals surface area contributed by atoms with E-state index in [0.717, 1.165) is 49.5 Å². The lowest BCUT2D eigenvalue weighted by molar-refractivity contribution is 0.0791. The van der Waals surface area contributed by atoms with Crippen LogP contribution in [-0.2, 0) is 17.7 Å². The van der Waals surface area contributed by atoms with Crippen molar-refractivity contribution < 1.29 is 9.53 Å². The molecule has 6 nitrogen and oxygen atoms in total. The summed E-state index contributed by atoms with van der Waals surface area (Å²) in [5.41, 5.74) is 1.80. The number of hydrogen-bond donors (Lipinski definition) is 0. The molecule has 8 heteroatoms.